The van der Waals surface area contributed by atoms with Crippen molar-refractivity contribution >= 4 is 0 Å². The minimum absolute atomic E-state index is 0.780. The fourth-order valence-corrected chi connectivity index (χ4v) is 2.92. The molecule has 2 atom stereocenters. The number of nitrogens with one attached hydrogen (secondary N) is 1. The molecule has 2 heterocycles. The van der Waals surface area contributed by atoms with Gasteiger partial charge in [-0.3, -0.25) is 4.90 Å². The Hall–Kier alpha value is -0.120. The van der Waals surface area contributed by atoms with Crippen molar-refractivity contribution in [1.29, 1.82) is 0 Å². The van der Waals surface area contributed by atoms with Crippen LogP contribution >= 0.6 is 0 Å². The second-order valence-corrected chi connectivity index (χ2v) is 4.55. The van der Waals surface area contributed by atoms with E-state index in [9.17, 15) is 0 Å². The van der Waals surface area contributed by atoms with E-state index in [0.717, 1.165) is 18.7 Å². The Morgan fingerprint density at radius 2 is 2.29 bits per heavy atom. The number of likely N-dealkylation sites (tertiary alicyclic amines) is 1. The van der Waals surface area contributed by atoms with Gasteiger partial charge in [0.05, 0.1) is 6.73 Å². The lowest BCUT2D eigenvalue weighted by atomic mass is 9.90. The second-order valence-electron chi connectivity index (χ2n) is 4.55. The molecule has 1 N–H and O–H groups in total. The molecule has 2 saturated heterocycles. The molecule has 2 aliphatic heterocycles. The molecule has 0 aromatic heterocycles. The molecular formula is C11H22N2O. The summed E-state index contributed by atoms with van der Waals surface area (Å²) in [5.41, 5.74) is 0. The minimum Gasteiger partial charge on any atom is -0.369 e. The summed E-state index contributed by atoms with van der Waals surface area (Å²) in [6.45, 7) is 4.48. The summed E-state index contributed by atoms with van der Waals surface area (Å²) >= 11 is 0. The van der Waals surface area contributed by atoms with Crippen LogP contribution in [0.4, 0.5) is 0 Å². The van der Waals surface area contributed by atoms with Crippen LogP contribution in [0.1, 0.15) is 25.7 Å². The van der Waals surface area contributed by atoms with Crippen LogP contribution in [0.5, 0.6) is 0 Å². The molecule has 82 valence electrons. The average Bonchev–Trinajstić information content (AvgIpc) is 2.68. The van der Waals surface area contributed by atoms with Crippen molar-refractivity contribution in [3.63, 3.8) is 0 Å². The van der Waals surface area contributed by atoms with Gasteiger partial charge in [-0.15, -0.1) is 0 Å². The first-order valence-corrected chi connectivity index (χ1v) is 5.85. The molecule has 0 aliphatic carbocycles. The van der Waals surface area contributed by atoms with Gasteiger partial charge in [-0.05, 0) is 44.7 Å². The van der Waals surface area contributed by atoms with Crippen molar-refractivity contribution in [3.8, 4) is 0 Å². The zero-order chi connectivity index (χ0) is 9.80. The first-order valence-electron chi connectivity index (χ1n) is 5.85. The molecule has 0 radical (unpaired) electrons. The topological polar surface area (TPSA) is 24.5 Å². The molecule has 0 saturated carbocycles. The summed E-state index contributed by atoms with van der Waals surface area (Å²) in [7, 11) is 1.80. The van der Waals surface area contributed by atoms with E-state index < -0.39 is 0 Å². The van der Waals surface area contributed by atoms with Crippen molar-refractivity contribution in [2.24, 2.45) is 5.92 Å². The van der Waals surface area contributed by atoms with E-state index in [-0.39, 0.29) is 0 Å². The Morgan fingerprint density at radius 1 is 1.36 bits per heavy atom. The number of hydrogen-bond donors (Lipinski definition) is 1. The second kappa shape index (κ2) is 5.10. The Morgan fingerprint density at radius 3 is 3.00 bits per heavy atom. The Balaban J connectivity index is 1.87. The van der Waals surface area contributed by atoms with E-state index in [0.29, 0.717) is 0 Å². The van der Waals surface area contributed by atoms with Gasteiger partial charge in [0.25, 0.3) is 0 Å². The third-order valence-electron chi connectivity index (χ3n) is 3.59. The minimum atomic E-state index is 0.780. The quantitative estimate of drug-likeness (QED) is 0.733. The molecule has 2 unspecified atom stereocenters. The summed E-state index contributed by atoms with van der Waals surface area (Å²) in [4.78, 5) is 2.51. The number of ether oxygens (including phenoxy) is 1. The highest BCUT2D eigenvalue weighted by Crippen LogP contribution is 2.27. The first-order chi connectivity index (χ1) is 6.92. The van der Waals surface area contributed by atoms with Crippen LogP contribution < -0.4 is 5.32 Å². The van der Waals surface area contributed by atoms with Gasteiger partial charge >= 0.3 is 0 Å². The van der Waals surface area contributed by atoms with E-state index in [1.54, 1.807) is 7.11 Å². The highest BCUT2D eigenvalue weighted by atomic mass is 16.5. The lowest BCUT2D eigenvalue weighted by Gasteiger charge is -2.33. The van der Waals surface area contributed by atoms with Crippen LogP contribution in [0, 0.1) is 5.92 Å². The highest BCUT2D eigenvalue weighted by molar-refractivity contribution is 4.86. The molecule has 0 aromatic carbocycles. The zero-order valence-electron chi connectivity index (χ0n) is 9.17. The summed E-state index contributed by atoms with van der Waals surface area (Å²) in [6.07, 6.45) is 5.47. The molecular weight excluding hydrogens is 176 g/mol. The van der Waals surface area contributed by atoms with E-state index in [1.165, 1.54) is 45.3 Å². The van der Waals surface area contributed by atoms with Gasteiger partial charge in [0.1, 0.15) is 0 Å². The van der Waals surface area contributed by atoms with E-state index >= 15 is 0 Å². The summed E-state index contributed by atoms with van der Waals surface area (Å²) in [5, 5.41) is 3.51. The van der Waals surface area contributed by atoms with Crippen LogP contribution in [0.25, 0.3) is 0 Å². The highest BCUT2D eigenvalue weighted by Gasteiger charge is 2.31. The van der Waals surface area contributed by atoms with Gasteiger partial charge in [-0.1, -0.05) is 0 Å². The maximum absolute atomic E-state index is 5.25. The number of nitrogens with zero attached hydrogens (tertiary/aromatic N) is 1. The fourth-order valence-electron chi connectivity index (χ4n) is 2.92. The monoisotopic (exact) mass is 198 g/mol. The maximum Gasteiger partial charge on any atom is 0.0988 e. The van der Waals surface area contributed by atoms with E-state index in [1.807, 2.05) is 0 Å². The van der Waals surface area contributed by atoms with Gasteiger partial charge in [-0.2, -0.15) is 0 Å². The molecule has 14 heavy (non-hydrogen) atoms. The van der Waals surface area contributed by atoms with Crippen molar-refractivity contribution in [3.05, 3.63) is 0 Å². The van der Waals surface area contributed by atoms with Crippen LogP contribution in [0.2, 0.25) is 0 Å². The maximum atomic E-state index is 5.25. The molecule has 3 nitrogen and oxygen atoms in total. The molecule has 0 spiro atoms. The molecule has 0 amide bonds. The van der Waals surface area contributed by atoms with Crippen molar-refractivity contribution in [2.45, 2.75) is 31.7 Å². The lowest BCUT2D eigenvalue weighted by Crippen LogP contribution is -2.43. The normalized spacial score (nSPS) is 34.9. The summed E-state index contributed by atoms with van der Waals surface area (Å²) in [5.74, 6) is 0.862. The summed E-state index contributed by atoms with van der Waals surface area (Å²) < 4.78 is 5.25. The first kappa shape index (κ1) is 10.4. The van der Waals surface area contributed by atoms with Crippen LogP contribution in [-0.2, 0) is 4.74 Å². The molecule has 0 aromatic rings. The standard InChI is InChI=1S/C11H22N2O/c1-14-9-13-7-3-5-11(13)10-4-2-6-12-8-10/h10-12H,2-9H2,1H3. The van der Waals surface area contributed by atoms with Crippen LogP contribution in [0.15, 0.2) is 0 Å². The molecule has 2 aliphatic rings. The van der Waals surface area contributed by atoms with Crippen molar-refractivity contribution in [2.75, 3.05) is 33.5 Å². The predicted molar refractivity (Wildman–Crippen MR) is 57.2 cm³/mol. The SMILES string of the molecule is COCN1CCCC1C1CCCNC1. The Kier molecular flexibility index (Phi) is 3.79. The molecule has 3 heteroatoms. The number of rotatable bonds is 3. The third-order valence-corrected chi connectivity index (χ3v) is 3.59. The zero-order valence-corrected chi connectivity index (χ0v) is 9.17. The smallest absolute Gasteiger partial charge is 0.0988 e. The van der Waals surface area contributed by atoms with Gasteiger partial charge in [-0.25, -0.2) is 0 Å². The average molecular weight is 198 g/mol. The fraction of sp³-hybridized carbons (Fsp3) is 1.00. The largest absolute Gasteiger partial charge is 0.369 e. The number of hydrogen-bond acceptors (Lipinski definition) is 3. The Bertz CT molecular complexity index is 169. The van der Waals surface area contributed by atoms with Crippen molar-refractivity contribution < 1.29 is 4.74 Å². The molecule has 2 fully saturated rings. The molecule has 0 bridgehead atoms. The van der Waals surface area contributed by atoms with Crippen LogP contribution in [0.3, 0.4) is 0 Å². The van der Waals surface area contributed by atoms with E-state index in [2.05, 4.69) is 10.2 Å². The van der Waals surface area contributed by atoms with Crippen molar-refractivity contribution in [1.82, 2.24) is 10.2 Å². The predicted octanol–water partition coefficient (Wildman–Crippen LogP) is 1.05. The van der Waals surface area contributed by atoms with Gasteiger partial charge in [0.2, 0.25) is 0 Å². The van der Waals surface area contributed by atoms with Gasteiger partial charge < -0.3 is 10.1 Å². The Labute approximate surface area is 86.8 Å². The molecule has 2 rings (SSSR count). The van der Waals surface area contributed by atoms with Crippen LogP contribution in [-0.4, -0.2) is 44.4 Å². The third kappa shape index (κ3) is 2.27. The summed E-state index contributed by atoms with van der Waals surface area (Å²) in [6, 6.07) is 0.780. The van der Waals surface area contributed by atoms with Gasteiger partial charge in [0, 0.05) is 19.7 Å². The van der Waals surface area contributed by atoms with E-state index in [4.69, 9.17) is 4.74 Å². The lowest BCUT2D eigenvalue weighted by molar-refractivity contribution is 0.0334. The number of methoxy groups -OCH3 is 1. The van der Waals surface area contributed by atoms with Gasteiger partial charge in [0.15, 0.2) is 0 Å². The number of piperidine rings is 1.